The van der Waals surface area contributed by atoms with Gasteiger partial charge >= 0.3 is 6.09 Å². The van der Waals surface area contributed by atoms with E-state index in [4.69, 9.17) is 4.74 Å². The fourth-order valence-corrected chi connectivity index (χ4v) is 1.77. The molecule has 1 fully saturated rings. The highest BCUT2D eigenvalue weighted by Gasteiger charge is 2.33. The van der Waals surface area contributed by atoms with Gasteiger partial charge in [-0.05, 0) is 33.6 Å². The van der Waals surface area contributed by atoms with Crippen LogP contribution in [0.25, 0.3) is 0 Å². The summed E-state index contributed by atoms with van der Waals surface area (Å²) >= 11 is 0. The summed E-state index contributed by atoms with van der Waals surface area (Å²) in [6.07, 6.45) is 2.03. The van der Waals surface area contributed by atoms with Crippen LogP contribution in [-0.2, 0) is 9.53 Å². The Bertz CT molecular complexity index is 304. The largest absolute Gasteiger partial charge is 0.444 e. The van der Waals surface area contributed by atoms with Gasteiger partial charge in [0.2, 0.25) is 0 Å². The molecule has 0 spiro atoms. The van der Waals surface area contributed by atoms with Crippen molar-refractivity contribution in [1.82, 2.24) is 4.90 Å². The average Bonchev–Trinajstić information content (AvgIpc) is 2.62. The topological polar surface area (TPSA) is 46.6 Å². The average molecular weight is 225 g/mol. The van der Waals surface area contributed by atoms with Gasteiger partial charge in [-0.1, -0.05) is 6.58 Å². The summed E-state index contributed by atoms with van der Waals surface area (Å²) < 4.78 is 5.28. The molecule has 4 nitrogen and oxygen atoms in total. The first-order chi connectivity index (χ1) is 7.35. The number of carbonyl (C=O) groups excluding carboxylic acids is 2. The van der Waals surface area contributed by atoms with E-state index < -0.39 is 5.60 Å². The van der Waals surface area contributed by atoms with Crippen LogP contribution in [0.15, 0.2) is 12.2 Å². The monoisotopic (exact) mass is 225 g/mol. The molecule has 0 aromatic heterocycles. The van der Waals surface area contributed by atoms with Crippen LogP contribution in [-0.4, -0.2) is 35.5 Å². The predicted molar refractivity (Wildman–Crippen MR) is 61.2 cm³/mol. The number of hydrogen-bond acceptors (Lipinski definition) is 3. The van der Waals surface area contributed by atoms with Crippen LogP contribution in [0, 0.1) is 0 Å². The molecule has 1 atom stereocenters. The molecule has 1 amide bonds. The Kier molecular flexibility index (Phi) is 3.73. The van der Waals surface area contributed by atoms with Crippen LogP contribution in [0.4, 0.5) is 4.79 Å². The molecule has 0 bridgehead atoms. The second-order valence-corrected chi connectivity index (χ2v) is 5.02. The molecule has 0 unspecified atom stereocenters. The molecular formula is C12H19NO3. The van der Waals surface area contributed by atoms with Crippen molar-refractivity contribution in [3.8, 4) is 0 Å². The van der Waals surface area contributed by atoms with Crippen LogP contribution < -0.4 is 0 Å². The fraction of sp³-hybridized carbons (Fsp3) is 0.667. The van der Waals surface area contributed by atoms with Crippen LogP contribution in [0.1, 0.15) is 33.6 Å². The SMILES string of the molecule is C=C(C=O)[C@H]1CCCN1C(=O)OC(C)(C)C. The molecule has 0 aromatic carbocycles. The highest BCUT2D eigenvalue weighted by Crippen LogP contribution is 2.24. The van der Waals surface area contributed by atoms with Gasteiger partial charge in [0.25, 0.3) is 0 Å². The molecule has 0 aliphatic carbocycles. The Hall–Kier alpha value is -1.32. The van der Waals surface area contributed by atoms with Crippen molar-refractivity contribution in [3.05, 3.63) is 12.2 Å². The van der Waals surface area contributed by atoms with Crippen molar-refractivity contribution in [2.24, 2.45) is 0 Å². The third-order valence-corrected chi connectivity index (χ3v) is 2.46. The van der Waals surface area contributed by atoms with Crippen molar-refractivity contribution in [2.45, 2.75) is 45.3 Å². The van der Waals surface area contributed by atoms with Crippen molar-refractivity contribution < 1.29 is 14.3 Å². The van der Waals surface area contributed by atoms with Crippen molar-refractivity contribution in [1.29, 1.82) is 0 Å². The molecule has 0 N–H and O–H groups in total. The summed E-state index contributed by atoms with van der Waals surface area (Å²) in [5.41, 5.74) is -0.0597. The minimum atomic E-state index is -0.507. The highest BCUT2D eigenvalue weighted by molar-refractivity contribution is 5.77. The standard InChI is InChI=1S/C12H19NO3/c1-9(8-14)10-6-5-7-13(10)11(15)16-12(2,3)4/h8,10H,1,5-7H2,2-4H3/t10-/m1/s1. The van der Waals surface area contributed by atoms with E-state index in [1.807, 2.05) is 20.8 Å². The van der Waals surface area contributed by atoms with Gasteiger partial charge in [-0.15, -0.1) is 0 Å². The second kappa shape index (κ2) is 4.68. The number of nitrogens with zero attached hydrogens (tertiary/aromatic N) is 1. The van der Waals surface area contributed by atoms with Gasteiger partial charge in [-0.25, -0.2) is 4.79 Å². The van der Waals surface area contributed by atoms with E-state index in [1.54, 1.807) is 4.90 Å². The zero-order chi connectivity index (χ0) is 12.3. The molecule has 1 rings (SSSR count). The molecule has 0 aromatic rings. The lowest BCUT2D eigenvalue weighted by Gasteiger charge is -2.28. The third-order valence-electron chi connectivity index (χ3n) is 2.46. The summed E-state index contributed by atoms with van der Waals surface area (Å²) in [6.45, 7) is 9.77. The summed E-state index contributed by atoms with van der Waals surface area (Å²) in [5, 5.41) is 0. The first-order valence-corrected chi connectivity index (χ1v) is 5.49. The minimum absolute atomic E-state index is 0.188. The van der Waals surface area contributed by atoms with Crippen LogP contribution in [0.2, 0.25) is 0 Å². The van der Waals surface area contributed by atoms with Gasteiger partial charge in [0.05, 0.1) is 6.04 Å². The van der Waals surface area contributed by atoms with Crippen LogP contribution in [0.5, 0.6) is 0 Å². The van der Waals surface area contributed by atoms with Gasteiger partial charge in [0, 0.05) is 12.1 Å². The third kappa shape index (κ3) is 3.08. The number of carbonyl (C=O) groups is 2. The summed E-state index contributed by atoms with van der Waals surface area (Å²) in [5.74, 6) is 0. The van der Waals surface area contributed by atoms with E-state index in [0.717, 1.165) is 12.8 Å². The lowest BCUT2D eigenvalue weighted by Crippen LogP contribution is -2.40. The lowest BCUT2D eigenvalue weighted by atomic mass is 10.1. The Morgan fingerprint density at radius 2 is 2.12 bits per heavy atom. The summed E-state index contributed by atoms with van der Waals surface area (Å²) in [7, 11) is 0. The van der Waals surface area contributed by atoms with Gasteiger partial charge in [-0.3, -0.25) is 4.79 Å². The molecule has 1 aliphatic heterocycles. The Labute approximate surface area is 96.3 Å². The van der Waals surface area contributed by atoms with Gasteiger partial charge < -0.3 is 9.64 Å². The maximum atomic E-state index is 11.8. The first kappa shape index (κ1) is 12.7. The van der Waals surface area contributed by atoms with E-state index in [9.17, 15) is 9.59 Å². The Balaban J connectivity index is 2.68. The molecule has 0 saturated carbocycles. The van der Waals surface area contributed by atoms with Crippen LogP contribution >= 0.6 is 0 Å². The molecule has 4 heteroatoms. The molecule has 1 saturated heterocycles. The summed E-state index contributed by atoms with van der Waals surface area (Å²) in [4.78, 5) is 24.1. The maximum absolute atomic E-state index is 11.8. The van der Waals surface area contributed by atoms with E-state index in [1.165, 1.54) is 0 Å². The first-order valence-electron chi connectivity index (χ1n) is 5.49. The smallest absolute Gasteiger partial charge is 0.410 e. The number of rotatable bonds is 2. The zero-order valence-corrected chi connectivity index (χ0v) is 10.2. The van der Waals surface area contributed by atoms with Crippen molar-refractivity contribution in [3.63, 3.8) is 0 Å². The van der Waals surface area contributed by atoms with E-state index >= 15 is 0 Å². The number of likely N-dealkylation sites (tertiary alicyclic amines) is 1. The normalized spacial score (nSPS) is 20.7. The maximum Gasteiger partial charge on any atom is 0.410 e. The van der Waals surface area contributed by atoms with Gasteiger partial charge in [0.1, 0.15) is 11.9 Å². The minimum Gasteiger partial charge on any atom is -0.444 e. The predicted octanol–water partition coefficient (Wildman–Crippen LogP) is 2.14. The second-order valence-electron chi connectivity index (χ2n) is 5.02. The number of aldehydes is 1. The van der Waals surface area contributed by atoms with Crippen molar-refractivity contribution in [2.75, 3.05) is 6.54 Å². The van der Waals surface area contributed by atoms with E-state index in [0.29, 0.717) is 18.4 Å². The lowest BCUT2D eigenvalue weighted by molar-refractivity contribution is -0.105. The fourth-order valence-electron chi connectivity index (χ4n) is 1.77. The number of hydrogen-bond donors (Lipinski definition) is 0. The molecular weight excluding hydrogens is 206 g/mol. The molecule has 1 heterocycles. The van der Waals surface area contributed by atoms with E-state index in [2.05, 4.69) is 6.58 Å². The molecule has 90 valence electrons. The molecule has 16 heavy (non-hydrogen) atoms. The van der Waals surface area contributed by atoms with Gasteiger partial charge in [0.15, 0.2) is 0 Å². The van der Waals surface area contributed by atoms with E-state index in [-0.39, 0.29) is 12.1 Å². The van der Waals surface area contributed by atoms with Crippen LogP contribution in [0.3, 0.4) is 0 Å². The molecule has 1 aliphatic rings. The Morgan fingerprint density at radius 1 is 1.50 bits per heavy atom. The highest BCUT2D eigenvalue weighted by atomic mass is 16.6. The van der Waals surface area contributed by atoms with Gasteiger partial charge in [-0.2, -0.15) is 0 Å². The molecule has 0 radical (unpaired) electrons. The number of ether oxygens (including phenoxy) is 1. The Morgan fingerprint density at radius 3 is 2.62 bits per heavy atom. The quantitative estimate of drug-likeness (QED) is 0.534. The zero-order valence-electron chi connectivity index (χ0n) is 10.2. The number of amides is 1. The van der Waals surface area contributed by atoms with Crippen molar-refractivity contribution >= 4 is 12.4 Å². The summed E-state index contributed by atoms with van der Waals surface area (Å²) in [6, 6.07) is -0.188.